The molecule has 0 bridgehead atoms. The Morgan fingerprint density at radius 3 is 2.68 bits per heavy atom. The molecular formula is C14H20ClN3O. The highest BCUT2D eigenvalue weighted by molar-refractivity contribution is 6.29. The number of nitrogens with two attached hydrogens (primary N) is 1. The van der Waals surface area contributed by atoms with Gasteiger partial charge in [0.2, 0.25) is 5.91 Å². The first kappa shape index (κ1) is 14.3. The minimum absolute atomic E-state index is 0.0347. The van der Waals surface area contributed by atoms with E-state index < -0.39 is 6.04 Å². The largest absolute Gasteiger partial charge is 0.334 e. The topological polar surface area (TPSA) is 59.2 Å². The third-order valence-electron chi connectivity index (χ3n) is 3.42. The summed E-state index contributed by atoms with van der Waals surface area (Å²) in [6.45, 7) is 4.50. The van der Waals surface area contributed by atoms with Gasteiger partial charge in [0.05, 0.1) is 6.04 Å². The van der Waals surface area contributed by atoms with E-state index in [-0.39, 0.29) is 11.8 Å². The Labute approximate surface area is 118 Å². The van der Waals surface area contributed by atoms with Crippen molar-refractivity contribution in [1.29, 1.82) is 0 Å². The minimum Gasteiger partial charge on any atom is -0.334 e. The molecule has 1 heterocycles. The van der Waals surface area contributed by atoms with Crippen LogP contribution in [0.1, 0.15) is 32.3 Å². The van der Waals surface area contributed by atoms with Crippen molar-refractivity contribution in [3.63, 3.8) is 0 Å². The molecule has 104 valence electrons. The first-order valence-corrected chi connectivity index (χ1v) is 7.03. The van der Waals surface area contributed by atoms with Crippen LogP contribution < -0.4 is 5.73 Å². The average molecular weight is 282 g/mol. The van der Waals surface area contributed by atoms with E-state index in [0.717, 1.165) is 18.4 Å². The summed E-state index contributed by atoms with van der Waals surface area (Å²) in [5.41, 5.74) is 6.96. The molecule has 0 saturated heterocycles. The van der Waals surface area contributed by atoms with Crippen LogP contribution in [0.15, 0.2) is 18.3 Å². The summed E-state index contributed by atoms with van der Waals surface area (Å²) in [5.74, 6) is 0.185. The SMILES string of the molecule is CC(C)[C@H](N)C(=O)N(Cc1ccc(Cl)nc1)C1CC1. The summed E-state index contributed by atoms with van der Waals surface area (Å²) in [5, 5.41) is 0.465. The van der Waals surface area contributed by atoms with Gasteiger partial charge in [-0.1, -0.05) is 31.5 Å². The number of aromatic nitrogens is 1. The minimum atomic E-state index is -0.430. The maximum absolute atomic E-state index is 12.4. The second-order valence-electron chi connectivity index (χ2n) is 5.46. The third kappa shape index (κ3) is 3.67. The number of amides is 1. The normalized spacial score (nSPS) is 16.5. The van der Waals surface area contributed by atoms with Gasteiger partial charge in [-0.25, -0.2) is 4.98 Å². The van der Waals surface area contributed by atoms with E-state index in [9.17, 15) is 4.79 Å². The molecule has 2 rings (SSSR count). The molecule has 1 saturated carbocycles. The summed E-state index contributed by atoms with van der Waals surface area (Å²) in [7, 11) is 0. The van der Waals surface area contributed by atoms with Gasteiger partial charge < -0.3 is 10.6 Å². The molecular weight excluding hydrogens is 262 g/mol. The van der Waals surface area contributed by atoms with Crippen molar-refractivity contribution in [2.45, 2.75) is 45.3 Å². The standard InChI is InChI=1S/C14H20ClN3O/c1-9(2)13(16)14(19)18(11-4-5-11)8-10-3-6-12(15)17-7-10/h3,6-7,9,11,13H,4-5,8,16H2,1-2H3/t13-/m0/s1. The molecule has 0 aromatic carbocycles. The van der Waals surface area contributed by atoms with Crippen molar-refractivity contribution in [3.05, 3.63) is 29.0 Å². The van der Waals surface area contributed by atoms with Gasteiger partial charge in [0.25, 0.3) is 0 Å². The zero-order valence-electron chi connectivity index (χ0n) is 11.3. The number of pyridine rings is 1. The number of carbonyl (C=O) groups is 1. The van der Waals surface area contributed by atoms with Crippen molar-refractivity contribution < 1.29 is 4.79 Å². The van der Waals surface area contributed by atoms with E-state index in [0.29, 0.717) is 17.7 Å². The number of rotatable bonds is 5. The van der Waals surface area contributed by atoms with Crippen molar-refractivity contribution in [2.75, 3.05) is 0 Å². The quantitative estimate of drug-likeness (QED) is 0.842. The molecule has 0 aliphatic heterocycles. The highest BCUT2D eigenvalue weighted by Crippen LogP contribution is 2.29. The Kier molecular flexibility index (Phi) is 4.42. The van der Waals surface area contributed by atoms with Crippen LogP contribution in [0.2, 0.25) is 5.15 Å². The fourth-order valence-electron chi connectivity index (χ4n) is 1.95. The highest BCUT2D eigenvalue weighted by Gasteiger charge is 2.35. The second-order valence-corrected chi connectivity index (χ2v) is 5.84. The van der Waals surface area contributed by atoms with Crippen LogP contribution in [0, 0.1) is 5.92 Å². The van der Waals surface area contributed by atoms with Gasteiger partial charge in [-0.15, -0.1) is 0 Å². The summed E-state index contributed by atoms with van der Waals surface area (Å²) >= 11 is 5.77. The molecule has 1 aromatic rings. The van der Waals surface area contributed by atoms with Gasteiger partial charge in [0.15, 0.2) is 0 Å². The molecule has 0 spiro atoms. The van der Waals surface area contributed by atoms with Gasteiger partial charge >= 0.3 is 0 Å². The molecule has 19 heavy (non-hydrogen) atoms. The van der Waals surface area contributed by atoms with Crippen LogP contribution in [0.25, 0.3) is 0 Å². The molecule has 4 nitrogen and oxygen atoms in total. The van der Waals surface area contributed by atoms with E-state index in [1.54, 1.807) is 12.3 Å². The van der Waals surface area contributed by atoms with Crippen LogP contribution in [0.4, 0.5) is 0 Å². The molecule has 1 aromatic heterocycles. The zero-order chi connectivity index (χ0) is 14.0. The van der Waals surface area contributed by atoms with E-state index in [1.165, 1.54) is 0 Å². The number of hydrogen-bond acceptors (Lipinski definition) is 3. The van der Waals surface area contributed by atoms with Crippen LogP contribution in [0.3, 0.4) is 0 Å². The molecule has 1 amide bonds. The van der Waals surface area contributed by atoms with Crippen LogP contribution in [-0.4, -0.2) is 27.9 Å². The van der Waals surface area contributed by atoms with Crippen molar-refractivity contribution in [2.24, 2.45) is 11.7 Å². The molecule has 1 aliphatic carbocycles. The number of halogens is 1. The maximum Gasteiger partial charge on any atom is 0.240 e. The molecule has 1 fully saturated rings. The van der Waals surface area contributed by atoms with Gasteiger partial charge in [0, 0.05) is 18.8 Å². The smallest absolute Gasteiger partial charge is 0.240 e. The average Bonchev–Trinajstić information content (AvgIpc) is 3.20. The highest BCUT2D eigenvalue weighted by atomic mass is 35.5. The van der Waals surface area contributed by atoms with Gasteiger partial charge in [-0.3, -0.25) is 4.79 Å². The predicted octanol–water partition coefficient (Wildman–Crippen LogP) is 2.21. The predicted molar refractivity (Wildman–Crippen MR) is 75.6 cm³/mol. The van der Waals surface area contributed by atoms with Gasteiger partial charge in [-0.05, 0) is 30.4 Å². The Morgan fingerprint density at radius 1 is 1.53 bits per heavy atom. The molecule has 5 heteroatoms. The number of carbonyl (C=O) groups excluding carboxylic acids is 1. The molecule has 0 unspecified atom stereocenters. The maximum atomic E-state index is 12.4. The summed E-state index contributed by atoms with van der Waals surface area (Å²) in [6, 6.07) is 3.56. The fraction of sp³-hybridized carbons (Fsp3) is 0.571. The second kappa shape index (κ2) is 5.88. The lowest BCUT2D eigenvalue weighted by Gasteiger charge is -2.27. The van der Waals surface area contributed by atoms with Crippen LogP contribution in [-0.2, 0) is 11.3 Å². The van der Waals surface area contributed by atoms with E-state index >= 15 is 0 Å². The van der Waals surface area contributed by atoms with Crippen LogP contribution >= 0.6 is 11.6 Å². The molecule has 0 radical (unpaired) electrons. The van der Waals surface area contributed by atoms with Crippen molar-refractivity contribution >= 4 is 17.5 Å². The first-order valence-electron chi connectivity index (χ1n) is 6.65. The molecule has 1 aliphatic rings. The van der Waals surface area contributed by atoms with Gasteiger partial charge in [0.1, 0.15) is 5.15 Å². The molecule has 1 atom stereocenters. The lowest BCUT2D eigenvalue weighted by molar-refractivity contribution is -0.134. The Bertz CT molecular complexity index is 443. The van der Waals surface area contributed by atoms with Crippen LogP contribution in [0.5, 0.6) is 0 Å². The molecule has 2 N–H and O–H groups in total. The number of hydrogen-bond donors (Lipinski definition) is 1. The van der Waals surface area contributed by atoms with Crippen molar-refractivity contribution in [3.8, 4) is 0 Å². The summed E-state index contributed by atoms with van der Waals surface area (Å²) in [6.07, 6.45) is 3.85. The monoisotopic (exact) mass is 281 g/mol. The lowest BCUT2D eigenvalue weighted by Crippen LogP contribution is -2.47. The fourth-order valence-corrected chi connectivity index (χ4v) is 2.06. The van der Waals surface area contributed by atoms with Gasteiger partial charge in [-0.2, -0.15) is 0 Å². The van der Waals surface area contributed by atoms with Crippen molar-refractivity contribution in [1.82, 2.24) is 9.88 Å². The van der Waals surface area contributed by atoms with E-state index in [4.69, 9.17) is 17.3 Å². The third-order valence-corrected chi connectivity index (χ3v) is 3.64. The zero-order valence-corrected chi connectivity index (χ0v) is 12.1. The number of nitrogens with zero attached hydrogens (tertiary/aromatic N) is 2. The Hall–Kier alpha value is -1.13. The van der Waals surface area contributed by atoms with E-state index in [2.05, 4.69) is 4.98 Å². The lowest BCUT2D eigenvalue weighted by atomic mass is 10.0. The van der Waals surface area contributed by atoms with E-state index in [1.807, 2.05) is 24.8 Å². The Morgan fingerprint density at radius 2 is 2.21 bits per heavy atom. The summed E-state index contributed by atoms with van der Waals surface area (Å²) in [4.78, 5) is 18.3. The summed E-state index contributed by atoms with van der Waals surface area (Å²) < 4.78 is 0. The first-order chi connectivity index (χ1) is 8.99. The Balaban J connectivity index is 2.08.